The lowest BCUT2D eigenvalue weighted by Crippen LogP contribution is -2.25. The first-order valence-electron chi connectivity index (χ1n) is 8.78. The first kappa shape index (κ1) is 18.5. The molecular weight excluding hydrogens is 344 g/mol. The van der Waals surface area contributed by atoms with E-state index in [4.69, 9.17) is 9.15 Å². The minimum absolute atomic E-state index is 0.116. The maximum absolute atomic E-state index is 12.6. The number of nitrogens with zero attached hydrogens (tertiary/aromatic N) is 2. The van der Waals surface area contributed by atoms with Crippen LogP contribution in [-0.4, -0.2) is 29.0 Å². The van der Waals surface area contributed by atoms with E-state index in [1.807, 2.05) is 31.2 Å². The monoisotopic (exact) mass is 366 g/mol. The maximum atomic E-state index is 12.6. The standard InChI is InChI=1S/C21H22N2O4/c1-3-26-17-9-7-16(8-10-17)14-22(2)21(25)19-12-11-18(27-19)15-23-13-5-4-6-20(23)24/h4-13H,3,14-15H2,1-2H3. The predicted molar refractivity (Wildman–Crippen MR) is 102 cm³/mol. The van der Waals surface area contributed by atoms with Crippen LogP contribution in [0.2, 0.25) is 0 Å². The van der Waals surface area contributed by atoms with Gasteiger partial charge in [0, 0.05) is 25.9 Å². The summed E-state index contributed by atoms with van der Waals surface area (Å²) in [5.74, 6) is 1.40. The van der Waals surface area contributed by atoms with Gasteiger partial charge < -0.3 is 18.6 Å². The molecule has 0 atom stereocenters. The van der Waals surface area contributed by atoms with Crippen LogP contribution in [0.15, 0.2) is 70.0 Å². The molecule has 6 nitrogen and oxygen atoms in total. The molecule has 1 aromatic carbocycles. The number of aromatic nitrogens is 1. The van der Waals surface area contributed by atoms with Crippen molar-refractivity contribution in [2.24, 2.45) is 0 Å². The second-order valence-electron chi connectivity index (χ2n) is 6.17. The predicted octanol–water partition coefficient (Wildman–Crippen LogP) is 3.16. The van der Waals surface area contributed by atoms with Gasteiger partial charge in [0.25, 0.3) is 11.5 Å². The van der Waals surface area contributed by atoms with Gasteiger partial charge in [-0.25, -0.2) is 0 Å². The van der Waals surface area contributed by atoms with Gasteiger partial charge in [0.05, 0.1) is 13.2 Å². The average Bonchev–Trinajstić information content (AvgIpc) is 3.13. The molecule has 2 aromatic heterocycles. The molecule has 0 saturated heterocycles. The topological polar surface area (TPSA) is 64.7 Å². The van der Waals surface area contributed by atoms with Crippen molar-refractivity contribution in [2.45, 2.75) is 20.0 Å². The number of furan rings is 1. The van der Waals surface area contributed by atoms with Crippen LogP contribution in [0.1, 0.15) is 28.8 Å². The molecule has 0 radical (unpaired) electrons. The Morgan fingerprint density at radius 3 is 2.59 bits per heavy atom. The summed E-state index contributed by atoms with van der Waals surface area (Å²) in [7, 11) is 1.72. The molecule has 0 aliphatic heterocycles. The summed E-state index contributed by atoms with van der Waals surface area (Å²) in [4.78, 5) is 26.0. The van der Waals surface area contributed by atoms with Crippen molar-refractivity contribution in [3.63, 3.8) is 0 Å². The number of carbonyl (C=O) groups excluding carboxylic acids is 1. The highest BCUT2D eigenvalue weighted by Crippen LogP contribution is 2.16. The van der Waals surface area contributed by atoms with E-state index < -0.39 is 0 Å². The highest BCUT2D eigenvalue weighted by molar-refractivity contribution is 5.91. The van der Waals surface area contributed by atoms with Crippen molar-refractivity contribution in [1.82, 2.24) is 9.47 Å². The van der Waals surface area contributed by atoms with E-state index in [9.17, 15) is 9.59 Å². The van der Waals surface area contributed by atoms with E-state index in [2.05, 4.69) is 0 Å². The molecular formula is C21H22N2O4. The molecule has 0 aliphatic rings. The van der Waals surface area contributed by atoms with Gasteiger partial charge in [-0.1, -0.05) is 18.2 Å². The Morgan fingerprint density at radius 1 is 1.11 bits per heavy atom. The highest BCUT2D eigenvalue weighted by atomic mass is 16.5. The van der Waals surface area contributed by atoms with Gasteiger partial charge in [-0.05, 0) is 42.8 Å². The third-order valence-corrected chi connectivity index (χ3v) is 4.10. The molecule has 0 spiro atoms. The largest absolute Gasteiger partial charge is 0.494 e. The summed E-state index contributed by atoms with van der Waals surface area (Å²) in [6.07, 6.45) is 1.68. The van der Waals surface area contributed by atoms with Crippen molar-refractivity contribution in [1.29, 1.82) is 0 Å². The summed E-state index contributed by atoms with van der Waals surface area (Å²) >= 11 is 0. The van der Waals surface area contributed by atoms with E-state index in [-0.39, 0.29) is 23.8 Å². The molecule has 1 amide bonds. The molecule has 3 aromatic rings. The molecule has 2 heterocycles. The van der Waals surface area contributed by atoms with E-state index in [0.717, 1.165) is 11.3 Å². The second kappa shape index (κ2) is 8.40. The summed E-state index contributed by atoms with van der Waals surface area (Å²) in [5.41, 5.74) is 0.881. The quantitative estimate of drug-likeness (QED) is 0.644. The van der Waals surface area contributed by atoms with Crippen molar-refractivity contribution in [3.05, 3.63) is 88.2 Å². The van der Waals surface area contributed by atoms with E-state index in [0.29, 0.717) is 18.9 Å². The summed E-state index contributed by atoms with van der Waals surface area (Å²) in [6.45, 7) is 3.30. The zero-order valence-corrected chi connectivity index (χ0v) is 15.4. The summed E-state index contributed by atoms with van der Waals surface area (Å²) < 4.78 is 12.6. The smallest absolute Gasteiger partial charge is 0.289 e. The zero-order chi connectivity index (χ0) is 19.2. The van der Waals surface area contributed by atoms with E-state index >= 15 is 0 Å². The number of carbonyl (C=O) groups is 1. The number of hydrogen-bond acceptors (Lipinski definition) is 4. The molecule has 6 heteroatoms. The zero-order valence-electron chi connectivity index (χ0n) is 15.4. The lowest BCUT2D eigenvalue weighted by molar-refractivity contribution is 0.0751. The van der Waals surface area contributed by atoms with Crippen molar-refractivity contribution < 1.29 is 13.9 Å². The lowest BCUT2D eigenvalue weighted by atomic mass is 10.2. The normalized spacial score (nSPS) is 10.6. The van der Waals surface area contributed by atoms with Gasteiger partial charge in [-0.15, -0.1) is 0 Å². The third kappa shape index (κ3) is 4.67. The van der Waals surface area contributed by atoms with Crippen molar-refractivity contribution in [2.75, 3.05) is 13.7 Å². The Bertz CT molecular complexity index is 957. The van der Waals surface area contributed by atoms with Crippen LogP contribution in [0.25, 0.3) is 0 Å². The van der Waals surface area contributed by atoms with Gasteiger partial charge in [-0.3, -0.25) is 9.59 Å². The van der Waals surface area contributed by atoms with Gasteiger partial charge in [0.2, 0.25) is 0 Å². The average molecular weight is 366 g/mol. The highest BCUT2D eigenvalue weighted by Gasteiger charge is 2.16. The Hall–Kier alpha value is -3.28. The van der Waals surface area contributed by atoms with Crippen LogP contribution in [-0.2, 0) is 13.1 Å². The Kier molecular flexibility index (Phi) is 5.76. The summed E-state index contributed by atoms with van der Waals surface area (Å²) in [5, 5.41) is 0. The number of pyridine rings is 1. The molecule has 140 valence electrons. The first-order chi connectivity index (χ1) is 13.1. The number of hydrogen-bond donors (Lipinski definition) is 0. The van der Waals surface area contributed by atoms with Crippen LogP contribution >= 0.6 is 0 Å². The fraction of sp³-hybridized carbons (Fsp3) is 0.238. The molecule has 0 N–H and O–H groups in total. The number of amides is 1. The fourth-order valence-electron chi connectivity index (χ4n) is 2.73. The van der Waals surface area contributed by atoms with Crippen LogP contribution in [0, 0.1) is 0 Å². The molecule has 0 aliphatic carbocycles. The SMILES string of the molecule is CCOc1ccc(CN(C)C(=O)c2ccc(Cn3ccccc3=O)o2)cc1. The Balaban J connectivity index is 1.64. The number of ether oxygens (including phenoxy) is 1. The van der Waals surface area contributed by atoms with E-state index in [1.165, 1.54) is 10.6 Å². The minimum atomic E-state index is -0.212. The number of rotatable bonds is 7. The van der Waals surface area contributed by atoms with E-state index in [1.54, 1.807) is 42.4 Å². The van der Waals surface area contributed by atoms with Crippen molar-refractivity contribution in [3.8, 4) is 5.75 Å². The molecule has 0 bridgehead atoms. The Labute approximate surface area is 157 Å². The van der Waals surface area contributed by atoms with Gasteiger partial charge in [-0.2, -0.15) is 0 Å². The minimum Gasteiger partial charge on any atom is -0.494 e. The Morgan fingerprint density at radius 2 is 1.89 bits per heavy atom. The molecule has 27 heavy (non-hydrogen) atoms. The van der Waals surface area contributed by atoms with Gasteiger partial charge >= 0.3 is 0 Å². The van der Waals surface area contributed by atoms with Crippen LogP contribution in [0.3, 0.4) is 0 Å². The van der Waals surface area contributed by atoms with Gasteiger partial charge in [0.1, 0.15) is 11.5 Å². The maximum Gasteiger partial charge on any atom is 0.289 e. The molecule has 0 fully saturated rings. The summed E-state index contributed by atoms with van der Waals surface area (Å²) in [6, 6.07) is 16.0. The van der Waals surface area contributed by atoms with Crippen LogP contribution < -0.4 is 10.3 Å². The number of benzene rings is 1. The van der Waals surface area contributed by atoms with Crippen LogP contribution in [0.5, 0.6) is 5.75 Å². The second-order valence-corrected chi connectivity index (χ2v) is 6.17. The molecule has 0 unspecified atom stereocenters. The van der Waals surface area contributed by atoms with Crippen LogP contribution in [0.4, 0.5) is 0 Å². The first-order valence-corrected chi connectivity index (χ1v) is 8.78. The lowest BCUT2D eigenvalue weighted by Gasteiger charge is -2.16. The molecule has 3 rings (SSSR count). The fourth-order valence-corrected chi connectivity index (χ4v) is 2.73. The third-order valence-electron chi connectivity index (χ3n) is 4.10. The van der Waals surface area contributed by atoms with Crippen molar-refractivity contribution >= 4 is 5.91 Å². The molecule has 0 saturated carbocycles. The van der Waals surface area contributed by atoms with Gasteiger partial charge in [0.15, 0.2) is 5.76 Å².